The molecule has 10 nitrogen and oxygen atoms in total. The van der Waals surface area contributed by atoms with Crippen molar-refractivity contribution in [1.29, 1.82) is 0 Å². The number of aliphatic hydroxyl groups is 1. The van der Waals surface area contributed by atoms with Crippen LogP contribution in [-0.2, 0) is 6.42 Å². The Hall–Kier alpha value is -3.37. The van der Waals surface area contributed by atoms with Crippen LogP contribution < -0.4 is 15.5 Å². The van der Waals surface area contributed by atoms with E-state index in [-0.39, 0.29) is 12.5 Å². The predicted octanol–water partition coefficient (Wildman–Crippen LogP) is 1.90. The molecule has 176 valence electrons. The number of carbonyl (C=O) groups is 1. The smallest absolute Gasteiger partial charge is 0.255 e. The van der Waals surface area contributed by atoms with Crippen molar-refractivity contribution in [1.82, 2.24) is 30.2 Å². The molecule has 0 atom stereocenters. The molecule has 0 saturated carbocycles. The van der Waals surface area contributed by atoms with E-state index in [0.29, 0.717) is 42.1 Å². The molecule has 1 aliphatic heterocycles. The maximum Gasteiger partial charge on any atom is 0.255 e. The summed E-state index contributed by atoms with van der Waals surface area (Å²) >= 11 is 0. The number of piperazine rings is 1. The van der Waals surface area contributed by atoms with Gasteiger partial charge in [-0.3, -0.25) is 9.69 Å². The number of allylic oxidation sites excluding steroid dienone is 3. The van der Waals surface area contributed by atoms with Gasteiger partial charge in [0.15, 0.2) is 0 Å². The zero-order chi connectivity index (χ0) is 23.6. The number of hydrogen-bond acceptors (Lipinski definition) is 9. The summed E-state index contributed by atoms with van der Waals surface area (Å²) in [5.74, 6) is 1.94. The van der Waals surface area contributed by atoms with Crippen LogP contribution in [0.1, 0.15) is 37.0 Å². The second-order valence-corrected chi connectivity index (χ2v) is 7.53. The first-order valence-electron chi connectivity index (χ1n) is 11.2. The van der Waals surface area contributed by atoms with Crippen molar-refractivity contribution >= 4 is 23.6 Å². The fraction of sp³-hybridized carbons (Fsp3) is 0.435. The van der Waals surface area contributed by atoms with E-state index in [1.807, 2.05) is 39.0 Å². The van der Waals surface area contributed by atoms with Gasteiger partial charge in [0.1, 0.15) is 11.6 Å². The molecule has 1 saturated heterocycles. The number of aromatic nitrogens is 4. The monoisotopic (exact) mass is 452 g/mol. The number of nitrogens with zero attached hydrogens (tertiary/aromatic N) is 6. The van der Waals surface area contributed by atoms with E-state index in [2.05, 4.69) is 40.4 Å². The van der Waals surface area contributed by atoms with E-state index in [0.717, 1.165) is 31.9 Å². The highest BCUT2D eigenvalue weighted by Crippen LogP contribution is 2.17. The maximum atomic E-state index is 12.6. The number of aryl methyl sites for hydroxylation is 1. The zero-order valence-corrected chi connectivity index (χ0v) is 19.5. The summed E-state index contributed by atoms with van der Waals surface area (Å²) in [4.78, 5) is 34.9. The molecule has 0 aliphatic carbocycles. The first-order chi connectivity index (χ1) is 16.1. The van der Waals surface area contributed by atoms with E-state index in [1.165, 1.54) is 0 Å². The SMILES string of the molecule is CC=CC(=CC)NC(=O)c1ccnc(Nc2nc(CC)nc(N3CCN(CCO)CC3)n2)c1. The number of rotatable bonds is 9. The Labute approximate surface area is 194 Å². The van der Waals surface area contributed by atoms with Crippen LogP contribution in [0.5, 0.6) is 0 Å². The summed E-state index contributed by atoms with van der Waals surface area (Å²) < 4.78 is 0. The van der Waals surface area contributed by atoms with Crippen LogP contribution in [0.2, 0.25) is 0 Å². The van der Waals surface area contributed by atoms with Crippen molar-refractivity contribution in [3.05, 3.63) is 53.6 Å². The van der Waals surface area contributed by atoms with Crippen LogP contribution in [0, 0.1) is 0 Å². The van der Waals surface area contributed by atoms with Gasteiger partial charge in [0, 0.05) is 56.6 Å². The highest BCUT2D eigenvalue weighted by molar-refractivity contribution is 5.96. The van der Waals surface area contributed by atoms with Gasteiger partial charge in [-0.2, -0.15) is 15.0 Å². The number of β-amino-alcohol motifs (C(OH)–C–C–N with tert-alkyl or cyclic N) is 1. The van der Waals surface area contributed by atoms with E-state index in [9.17, 15) is 4.79 Å². The topological polar surface area (TPSA) is 119 Å². The zero-order valence-electron chi connectivity index (χ0n) is 19.5. The Bertz CT molecular complexity index is 1000. The fourth-order valence-corrected chi connectivity index (χ4v) is 3.42. The molecule has 2 aromatic rings. The van der Waals surface area contributed by atoms with E-state index in [1.54, 1.807) is 18.3 Å². The number of nitrogens with one attached hydrogen (secondary N) is 2. The average Bonchev–Trinajstić information content (AvgIpc) is 2.84. The molecule has 0 unspecified atom stereocenters. The lowest BCUT2D eigenvalue weighted by Gasteiger charge is -2.34. The summed E-state index contributed by atoms with van der Waals surface area (Å²) in [6.07, 6.45) is 7.78. The normalized spacial score (nSPS) is 15.2. The summed E-state index contributed by atoms with van der Waals surface area (Å²) in [6.45, 7) is 9.84. The van der Waals surface area contributed by atoms with Crippen LogP contribution in [0.25, 0.3) is 0 Å². The molecule has 3 heterocycles. The van der Waals surface area contributed by atoms with Gasteiger partial charge in [-0.1, -0.05) is 19.1 Å². The number of aliphatic hydroxyl groups excluding tert-OH is 1. The molecular weight excluding hydrogens is 420 g/mol. The molecule has 0 radical (unpaired) electrons. The molecule has 10 heteroatoms. The van der Waals surface area contributed by atoms with Gasteiger partial charge in [0.05, 0.1) is 6.61 Å². The standard InChI is InChI=1S/C23H32N8O2/c1-4-7-18(5-2)25-21(33)17-8-9-24-20(16-17)27-22-26-19(6-3)28-23(29-22)31-12-10-30(11-13-31)14-15-32/h4-5,7-9,16,32H,6,10-15H2,1-3H3,(H,25,33)(H,24,26,27,28,29). The molecule has 0 aromatic carbocycles. The molecule has 33 heavy (non-hydrogen) atoms. The molecule has 3 rings (SSSR count). The molecule has 2 aromatic heterocycles. The number of amides is 1. The summed E-state index contributed by atoms with van der Waals surface area (Å²) in [5, 5.41) is 15.1. The number of carbonyl (C=O) groups excluding carboxylic acids is 1. The number of hydrogen-bond donors (Lipinski definition) is 3. The minimum absolute atomic E-state index is 0.162. The van der Waals surface area contributed by atoms with Crippen LogP contribution in [0.4, 0.5) is 17.7 Å². The summed E-state index contributed by atoms with van der Waals surface area (Å²) in [6, 6.07) is 3.33. The lowest BCUT2D eigenvalue weighted by Crippen LogP contribution is -2.47. The molecule has 1 amide bonds. The third-order valence-corrected chi connectivity index (χ3v) is 5.23. The molecule has 0 spiro atoms. The Balaban J connectivity index is 1.75. The lowest BCUT2D eigenvalue weighted by molar-refractivity contribution is 0.0967. The highest BCUT2D eigenvalue weighted by Gasteiger charge is 2.20. The quantitative estimate of drug-likeness (QED) is 0.490. The fourth-order valence-electron chi connectivity index (χ4n) is 3.42. The second kappa shape index (κ2) is 12.0. The maximum absolute atomic E-state index is 12.6. The number of pyridine rings is 1. The van der Waals surface area contributed by atoms with Crippen molar-refractivity contribution in [2.75, 3.05) is 49.5 Å². The Morgan fingerprint density at radius 3 is 2.64 bits per heavy atom. The molecule has 1 fully saturated rings. The van der Waals surface area contributed by atoms with Crippen LogP contribution in [0.3, 0.4) is 0 Å². The molecule has 1 aliphatic rings. The highest BCUT2D eigenvalue weighted by atomic mass is 16.3. The molecular formula is C23H32N8O2. The first-order valence-corrected chi connectivity index (χ1v) is 11.2. The molecule has 0 bridgehead atoms. The summed E-state index contributed by atoms with van der Waals surface area (Å²) in [7, 11) is 0. The van der Waals surface area contributed by atoms with Crippen molar-refractivity contribution in [2.24, 2.45) is 0 Å². The van der Waals surface area contributed by atoms with E-state index >= 15 is 0 Å². The van der Waals surface area contributed by atoms with Crippen molar-refractivity contribution < 1.29 is 9.90 Å². The van der Waals surface area contributed by atoms with Gasteiger partial charge >= 0.3 is 0 Å². The first kappa shape index (κ1) is 24.3. The van der Waals surface area contributed by atoms with Gasteiger partial charge in [-0.15, -0.1) is 0 Å². The Morgan fingerprint density at radius 2 is 1.97 bits per heavy atom. The third-order valence-electron chi connectivity index (χ3n) is 5.23. The largest absolute Gasteiger partial charge is 0.395 e. The average molecular weight is 453 g/mol. The summed E-state index contributed by atoms with van der Waals surface area (Å²) in [5.41, 5.74) is 1.20. The van der Waals surface area contributed by atoms with Crippen molar-refractivity contribution in [3.8, 4) is 0 Å². The number of anilines is 3. The minimum atomic E-state index is -0.224. The second-order valence-electron chi connectivity index (χ2n) is 7.53. The van der Waals surface area contributed by atoms with Gasteiger partial charge in [-0.25, -0.2) is 4.98 Å². The van der Waals surface area contributed by atoms with Crippen LogP contribution in [0.15, 0.2) is 42.3 Å². The van der Waals surface area contributed by atoms with Gasteiger partial charge < -0.3 is 20.6 Å². The van der Waals surface area contributed by atoms with Crippen LogP contribution >= 0.6 is 0 Å². The molecule has 3 N–H and O–H groups in total. The Kier molecular flexibility index (Phi) is 8.85. The minimum Gasteiger partial charge on any atom is -0.395 e. The third kappa shape index (κ3) is 6.80. The van der Waals surface area contributed by atoms with E-state index in [4.69, 9.17) is 5.11 Å². The lowest BCUT2D eigenvalue weighted by atomic mass is 10.2. The van der Waals surface area contributed by atoms with Crippen molar-refractivity contribution in [2.45, 2.75) is 27.2 Å². The van der Waals surface area contributed by atoms with Gasteiger partial charge in [-0.05, 0) is 32.1 Å². The Morgan fingerprint density at radius 1 is 1.18 bits per heavy atom. The van der Waals surface area contributed by atoms with Gasteiger partial charge in [0.25, 0.3) is 5.91 Å². The van der Waals surface area contributed by atoms with Crippen molar-refractivity contribution in [3.63, 3.8) is 0 Å². The predicted molar refractivity (Wildman–Crippen MR) is 129 cm³/mol. The van der Waals surface area contributed by atoms with Gasteiger partial charge in [0.2, 0.25) is 11.9 Å². The van der Waals surface area contributed by atoms with E-state index < -0.39 is 0 Å². The van der Waals surface area contributed by atoms with Crippen LogP contribution in [-0.4, -0.2) is 75.2 Å².